The van der Waals surface area contributed by atoms with E-state index in [1.54, 1.807) is 30.5 Å². The topological polar surface area (TPSA) is 78.4 Å². The average Bonchev–Trinajstić information content (AvgIpc) is 2.85. The molecule has 1 aliphatic heterocycles. The van der Waals surface area contributed by atoms with E-state index in [0.717, 1.165) is 18.7 Å². The largest absolute Gasteiger partial charge is 0.336 e. The fourth-order valence-corrected chi connectivity index (χ4v) is 3.54. The fourth-order valence-electron chi connectivity index (χ4n) is 3.54. The highest BCUT2D eigenvalue weighted by Gasteiger charge is 2.21. The first kappa shape index (κ1) is 21.2. The van der Waals surface area contributed by atoms with E-state index >= 15 is 0 Å². The molecule has 7 nitrogen and oxygen atoms in total. The van der Waals surface area contributed by atoms with E-state index in [2.05, 4.69) is 26.1 Å². The number of anilines is 1. The Morgan fingerprint density at radius 3 is 2.38 bits per heavy atom. The summed E-state index contributed by atoms with van der Waals surface area (Å²) < 4.78 is 0. The minimum atomic E-state index is -0.332. The highest BCUT2D eigenvalue weighted by molar-refractivity contribution is 6.03. The predicted molar refractivity (Wildman–Crippen MR) is 123 cm³/mol. The molecule has 0 saturated carbocycles. The second kappa shape index (κ2) is 9.86. The van der Waals surface area contributed by atoms with Gasteiger partial charge in [-0.1, -0.05) is 36.3 Å². The lowest BCUT2D eigenvalue weighted by molar-refractivity contribution is 0.0652. The molecule has 0 aliphatic carbocycles. The molecule has 1 aromatic heterocycles. The minimum absolute atomic E-state index is 0.000943. The van der Waals surface area contributed by atoms with Gasteiger partial charge in [-0.3, -0.25) is 19.5 Å². The van der Waals surface area contributed by atoms with Crippen LogP contribution >= 0.6 is 0 Å². The Labute approximate surface area is 187 Å². The SMILES string of the molecule is C#CCN1CCN(C(=O)c2ccc(-c3cncc(C(=O)Nc4ccccc4)n3)cc2)CC1. The molecule has 32 heavy (non-hydrogen) atoms. The number of aromatic nitrogens is 2. The third-order valence-electron chi connectivity index (χ3n) is 5.30. The van der Waals surface area contributed by atoms with E-state index in [4.69, 9.17) is 6.42 Å². The summed E-state index contributed by atoms with van der Waals surface area (Å²) in [6.07, 6.45) is 8.39. The Kier molecular flexibility index (Phi) is 6.54. The number of terminal acetylenes is 1. The fraction of sp³-hybridized carbons (Fsp3) is 0.200. The molecule has 160 valence electrons. The predicted octanol–water partition coefficient (Wildman–Crippen LogP) is 2.79. The number of amides is 2. The maximum absolute atomic E-state index is 12.8. The number of rotatable bonds is 5. The molecule has 7 heteroatoms. The van der Waals surface area contributed by atoms with E-state index in [9.17, 15) is 9.59 Å². The summed E-state index contributed by atoms with van der Waals surface area (Å²) in [6, 6.07) is 16.4. The monoisotopic (exact) mass is 425 g/mol. The van der Waals surface area contributed by atoms with Gasteiger partial charge in [0.15, 0.2) is 0 Å². The summed E-state index contributed by atoms with van der Waals surface area (Å²) in [5, 5.41) is 2.80. The van der Waals surface area contributed by atoms with Crippen molar-refractivity contribution in [3.05, 3.63) is 78.2 Å². The van der Waals surface area contributed by atoms with E-state index in [1.807, 2.05) is 35.2 Å². The second-order valence-electron chi connectivity index (χ2n) is 7.46. The highest BCUT2D eigenvalue weighted by atomic mass is 16.2. The van der Waals surface area contributed by atoms with Gasteiger partial charge in [0.1, 0.15) is 5.69 Å². The number of hydrogen-bond donors (Lipinski definition) is 1. The quantitative estimate of drug-likeness (QED) is 0.636. The number of hydrogen-bond acceptors (Lipinski definition) is 5. The standard InChI is InChI=1S/C25H23N5O2/c1-2-12-29-13-15-30(16-14-29)25(32)20-10-8-19(9-11-20)22-17-26-18-23(28-22)24(31)27-21-6-4-3-5-7-21/h1,3-11,17-18H,12-16H2,(H,27,31). The van der Waals surface area contributed by atoms with Gasteiger partial charge in [0, 0.05) is 43.0 Å². The van der Waals surface area contributed by atoms with Gasteiger partial charge in [0.2, 0.25) is 0 Å². The molecular weight excluding hydrogens is 402 g/mol. The number of benzene rings is 2. The lowest BCUT2D eigenvalue weighted by Crippen LogP contribution is -2.48. The van der Waals surface area contributed by atoms with Crippen LogP contribution in [-0.4, -0.2) is 64.3 Å². The lowest BCUT2D eigenvalue weighted by atomic mass is 10.1. The minimum Gasteiger partial charge on any atom is -0.336 e. The summed E-state index contributed by atoms with van der Waals surface area (Å²) in [4.78, 5) is 37.9. The molecule has 0 bridgehead atoms. The summed E-state index contributed by atoms with van der Waals surface area (Å²) in [7, 11) is 0. The van der Waals surface area contributed by atoms with E-state index < -0.39 is 0 Å². The van der Waals surface area contributed by atoms with Crippen molar-refractivity contribution in [2.75, 3.05) is 38.0 Å². The van der Waals surface area contributed by atoms with Gasteiger partial charge in [-0.15, -0.1) is 6.42 Å². The van der Waals surface area contributed by atoms with Crippen molar-refractivity contribution in [1.29, 1.82) is 0 Å². The third kappa shape index (κ3) is 4.99. The van der Waals surface area contributed by atoms with Gasteiger partial charge in [-0.25, -0.2) is 4.98 Å². The first-order chi connectivity index (χ1) is 15.6. The summed E-state index contributed by atoms with van der Waals surface area (Å²) in [5.41, 5.74) is 2.86. The van der Waals surface area contributed by atoms with Gasteiger partial charge in [-0.05, 0) is 24.3 Å². The van der Waals surface area contributed by atoms with Crippen LogP contribution in [0.1, 0.15) is 20.8 Å². The van der Waals surface area contributed by atoms with Crippen molar-refractivity contribution >= 4 is 17.5 Å². The molecule has 4 rings (SSSR count). The van der Waals surface area contributed by atoms with Gasteiger partial charge in [0.05, 0.1) is 24.6 Å². The van der Waals surface area contributed by atoms with Crippen LogP contribution in [0.3, 0.4) is 0 Å². The number of carbonyl (C=O) groups excluding carboxylic acids is 2. The third-order valence-corrected chi connectivity index (χ3v) is 5.30. The van der Waals surface area contributed by atoms with E-state index in [-0.39, 0.29) is 17.5 Å². The lowest BCUT2D eigenvalue weighted by Gasteiger charge is -2.33. The van der Waals surface area contributed by atoms with Gasteiger partial charge < -0.3 is 10.2 Å². The van der Waals surface area contributed by atoms with Crippen LogP contribution in [0.2, 0.25) is 0 Å². The molecule has 2 amide bonds. The Morgan fingerprint density at radius 2 is 1.69 bits per heavy atom. The van der Waals surface area contributed by atoms with Crippen LogP contribution in [0.25, 0.3) is 11.3 Å². The Hall–Kier alpha value is -4.02. The van der Waals surface area contributed by atoms with Gasteiger partial charge >= 0.3 is 0 Å². The van der Waals surface area contributed by atoms with Crippen molar-refractivity contribution in [2.24, 2.45) is 0 Å². The number of nitrogens with zero attached hydrogens (tertiary/aromatic N) is 4. The molecule has 3 aromatic rings. The molecule has 2 heterocycles. The first-order valence-electron chi connectivity index (χ1n) is 10.4. The smallest absolute Gasteiger partial charge is 0.275 e. The van der Waals surface area contributed by atoms with Crippen LogP contribution in [0, 0.1) is 12.3 Å². The molecule has 0 spiro atoms. The molecule has 0 unspecified atom stereocenters. The van der Waals surface area contributed by atoms with Crippen LogP contribution in [0.5, 0.6) is 0 Å². The molecule has 0 atom stereocenters. The number of piperazine rings is 1. The van der Waals surface area contributed by atoms with Crippen molar-refractivity contribution in [1.82, 2.24) is 19.8 Å². The highest BCUT2D eigenvalue weighted by Crippen LogP contribution is 2.19. The molecule has 1 saturated heterocycles. The zero-order valence-electron chi connectivity index (χ0n) is 17.6. The van der Waals surface area contributed by atoms with Gasteiger partial charge in [0.25, 0.3) is 11.8 Å². The summed E-state index contributed by atoms with van der Waals surface area (Å²) in [5.74, 6) is 2.31. The second-order valence-corrected chi connectivity index (χ2v) is 7.46. The molecule has 1 aliphatic rings. The van der Waals surface area contributed by atoms with Crippen LogP contribution in [-0.2, 0) is 0 Å². The number of carbonyl (C=O) groups is 2. The Balaban J connectivity index is 1.43. The van der Waals surface area contributed by atoms with Crippen molar-refractivity contribution in [3.8, 4) is 23.6 Å². The van der Waals surface area contributed by atoms with Gasteiger partial charge in [-0.2, -0.15) is 0 Å². The zero-order valence-corrected chi connectivity index (χ0v) is 17.6. The van der Waals surface area contributed by atoms with Crippen LogP contribution < -0.4 is 5.32 Å². The zero-order chi connectivity index (χ0) is 22.3. The Bertz CT molecular complexity index is 1130. The first-order valence-corrected chi connectivity index (χ1v) is 10.4. The Morgan fingerprint density at radius 1 is 0.969 bits per heavy atom. The molecule has 1 N–H and O–H groups in total. The summed E-state index contributed by atoms with van der Waals surface area (Å²) in [6.45, 7) is 3.49. The number of para-hydroxylation sites is 1. The number of nitrogens with one attached hydrogen (secondary N) is 1. The maximum Gasteiger partial charge on any atom is 0.275 e. The van der Waals surface area contributed by atoms with E-state index in [1.165, 1.54) is 6.20 Å². The molecule has 1 fully saturated rings. The van der Waals surface area contributed by atoms with Crippen molar-refractivity contribution in [3.63, 3.8) is 0 Å². The average molecular weight is 425 g/mol. The van der Waals surface area contributed by atoms with Crippen LogP contribution in [0.4, 0.5) is 5.69 Å². The van der Waals surface area contributed by atoms with E-state index in [0.29, 0.717) is 36.6 Å². The maximum atomic E-state index is 12.8. The molecular formula is C25H23N5O2. The molecule has 0 radical (unpaired) electrons. The molecule has 2 aromatic carbocycles. The van der Waals surface area contributed by atoms with Crippen molar-refractivity contribution < 1.29 is 9.59 Å². The summed E-state index contributed by atoms with van der Waals surface area (Å²) >= 11 is 0. The van der Waals surface area contributed by atoms with Crippen molar-refractivity contribution in [2.45, 2.75) is 0 Å². The normalized spacial score (nSPS) is 13.9. The van der Waals surface area contributed by atoms with Crippen LogP contribution in [0.15, 0.2) is 67.0 Å².